The van der Waals surface area contributed by atoms with E-state index < -0.39 is 11.2 Å². The van der Waals surface area contributed by atoms with Crippen LogP contribution in [0.4, 0.5) is 11.5 Å². The summed E-state index contributed by atoms with van der Waals surface area (Å²) in [4.78, 5) is 53.9. The van der Waals surface area contributed by atoms with Crippen molar-refractivity contribution in [3.8, 4) is 0 Å². The van der Waals surface area contributed by atoms with Crippen molar-refractivity contribution in [1.82, 2.24) is 14.9 Å². The first-order chi connectivity index (χ1) is 16.4. The van der Waals surface area contributed by atoms with Crippen molar-refractivity contribution in [2.75, 3.05) is 17.2 Å². The summed E-state index contributed by atoms with van der Waals surface area (Å²) >= 11 is 0. The second kappa shape index (κ2) is 11.7. The van der Waals surface area contributed by atoms with Gasteiger partial charge in [0.2, 0.25) is 5.91 Å². The number of carbonyl (C=O) groups excluding carboxylic acids is 2. The van der Waals surface area contributed by atoms with E-state index >= 15 is 0 Å². The average molecular weight is 468 g/mol. The maximum Gasteiger partial charge on any atom is 0.330 e. The van der Waals surface area contributed by atoms with Crippen LogP contribution in [-0.4, -0.2) is 27.9 Å². The van der Waals surface area contributed by atoms with Gasteiger partial charge in [-0.05, 0) is 30.5 Å². The van der Waals surface area contributed by atoms with E-state index in [0.717, 1.165) is 12.0 Å². The average Bonchev–Trinajstić information content (AvgIpc) is 3.36. The lowest BCUT2D eigenvalue weighted by atomic mass is 10.1. The van der Waals surface area contributed by atoms with Gasteiger partial charge in [-0.2, -0.15) is 0 Å². The number of H-pyrrole nitrogens is 1. The van der Waals surface area contributed by atoms with Crippen molar-refractivity contribution in [2.45, 2.75) is 45.7 Å². The van der Waals surface area contributed by atoms with Gasteiger partial charge in [0.25, 0.3) is 11.5 Å². The fourth-order valence-corrected chi connectivity index (χ4v) is 3.51. The zero-order valence-electron chi connectivity index (χ0n) is 19.1. The highest BCUT2D eigenvalue weighted by molar-refractivity contribution is 5.95. The Morgan fingerprint density at radius 2 is 1.88 bits per heavy atom. The Morgan fingerprint density at radius 1 is 1.12 bits per heavy atom. The Morgan fingerprint density at radius 3 is 2.56 bits per heavy atom. The van der Waals surface area contributed by atoms with E-state index in [1.165, 1.54) is 15.7 Å². The van der Waals surface area contributed by atoms with Gasteiger partial charge in [0, 0.05) is 19.5 Å². The van der Waals surface area contributed by atoms with E-state index in [1.807, 2.05) is 37.3 Å². The Kier molecular flexibility index (Phi) is 8.44. The SMILES string of the molecule is CCCCn1c(N)c(N(Cc2ccccc2)C(=O)CCCNC(=O)c2ccco2)c(=O)[nH]c1=O. The molecule has 0 saturated heterocycles. The molecule has 0 unspecified atom stereocenters. The lowest BCUT2D eigenvalue weighted by Crippen LogP contribution is -2.41. The Bertz CT molecular complexity index is 1210. The molecule has 0 radical (unpaired) electrons. The summed E-state index contributed by atoms with van der Waals surface area (Å²) in [5.74, 6) is -0.584. The monoisotopic (exact) mass is 467 g/mol. The zero-order chi connectivity index (χ0) is 24.5. The number of rotatable bonds is 11. The second-order valence-corrected chi connectivity index (χ2v) is 7.80. The van der Waals surface area contributed by atoms with Crippen LogP contribution in [0.2, 0.25) is 0 Å². The molecule has 0 spiro atoms. The number of anilines is 2. The van der Waals surface area contributed by atoms with Gasteiger partial charge in [-0.25, -0.2) is 4.79 Å². The maximum absolute atomic E-state index is 13.2. The number of hydrogen-bond donors (Lipinski definition) is 3. The third-order valence-electron chi connectivity index (χ3n) is 5.30. The van der Waals surface area contributed by atoms with E-state index in [-0.39, 0.29) is 48.6 Å². The minimum Gasteiger partial charge on any atom is -0.459 e. The molecule has 34 heavy (non-hydrogen) atoms. The molecule has 2 aromatic heterocycles. The Balaban J connectivity index is 1.81. The molecular weight excluding hydrogens is 438 g/mol. The van der Waals surface area contributed by atoms with Crippen LogP contribution in [0.5, 0.6) is 0 Å². The number of amides is 2. The van der Waals surface area contributed by atoms with Crippen LogP contribution >= 0.6 is 0 Å². The molecule has 0 aliphatic heterocycles. The minimum absolute atomic E-state index is 0.0439. The van der Waals surface area contributed by atoms with Gasteiger partial charge in [0.05, 0.1) is 12.8 Å². The lowest BCUT2D eigenvalue weighted by molar-refractivity contribution is -0.118. The molecule has 0 aliphatic rings. The molecule has 180 valence electrons. The summed E-state index contributed by atoms with van der Waals surface area (Å²) in [5, 5.41) is 2.69. The molecule has 0 atom stereocenters. The minimum atomic E-state index is -0.717. The van der Waals surface area contributed by atoms with Crippen LogP contribution in [0.3, 0.4) is 0 Å². The van der Waals surface area contributed by atoms with Gasteiger partial charge in [-0.15, -0.1) is 0 Å². The first-order valence-corrected chi connectivity index (χ1v) is 11.2. The molecule has 10 heteroatoms. The predicted molar refractivity (Wildman–Crippen MR) is 129 cm³/mol. The van der Waals surface area contributed by atoms with Gasteiger partial charge in [-0.1, -0.05) is 43.7 Å². The number of benzene rings is 1. The van der Waals surface area contributed by atoms with Gasteiger partial charge < -0.3 is 20.4 Å². The largest absolute Gasteiger partial charge is 0.459 e. The summed E-state index contributed by atoms with van der Waals surface area (Å²) < 4.78 is 6.33. The maximum atomic E-state index is 13.2. The van der Waals surface area contributed by atoms with E-state index in [0.29, 0.717) is 19.4 Å². The quantitative estimate of drug-likeness (QED) is 0.369. The summed E-state index contributed by atoms with van der Waals surface area (Å²) in [5.41, 5.74) is 5.67. The molecule has 10 nitrogen and oxygen atoms in total. The van der Waals surface area contributed by atoms with Gasteiger partial charge >= 0.3 is 5.69 Å². The fraction of sp³-hybridized carbons (Fsp3) is 0.333. The van der Waals surface area contributed by atoms with Crippen molar-refractivity contribution in [1.29, 1.82) is 0 Å². The molecule has 4 N–H and O–H groups in total. The van der Waals surface area contributed by atoms with Gasteiger partial charge in [0.1, 0.15) is 5.82 Å². The molecule has 3 aromatic rings. The van der Waals surface area contributed by atoms with Crippen LogP contribution in [0.1, 0.15) is 48.7 Å². The van der Waals surface area contributed by atoms with E-state index in [4.69, 9.17) is 10.2 Å². The number of aromatic amines is 1. The molecular formula is C24H29N5O5. The third-order valence-corrected chi connectivity index (χ3v) is 5.30. The first-order valence-electron chi connectivity index (χ1n) is 11.2. The highest BCUT2D eigenvalue weighted by Gasteiger charge is 2.24. The molecule has 0 bridgehead atoms. The molecule has 2 heterocycles. The van der Waals surface area contributed by atoms with Gasteiger partial charge in [-0.3, -0.25) is 23.9 Å². The number of carbonyl (C=O) groups is 2. The van der Waals surface area contributed by atoms with E-state index in [9.17, 15) is 19.2 Å². The summed E-state index contributed by atoms with van der Waals surface area (Å²) in [7, 11) is 0. The normalized spacial score (nSPS) is 10.7. The zero-order valence-corrected chi connectivity index (χ0v) is 19.1. The van der Waals surface area contributed by atoms with E-state index in [1.54, 1.807) is 12.1 Å². The lowest BCUT2D eigenvalue weighted by Gasteiger charge is -2.25. The molecule has 3 rings (SSSR count). The number of unbranched alkanes of at least 4 members (excludes halogenated alkanes) is 1. The summed E-state index contributed by atoms with van der Waals surface area (Å²) in [6, 6.07) is 12.3. The summed E-state index contributed by atoms with van der Waals surface area (Å²) in [6.07, 6.45) is 3.32. The number of furan rings is 1. The van der Waals surface area contributed by atoms with Crippen molar-refractivity contribution in [2.24, 2.45) is 0 Å². The molecule has 1 aromatic carbocycles. The third kappa shape index (κ3) is 6.03. The number of hydrogen-bond acceptors (Lipinski definition) is 6. The number of nitrogen functional groups attached to an aromatic ring is 1. The van der Waals surface area contributed by atoms with Crippen LogP contribution < -0.4 is 27.2 Å². The predicted octanol–water partition coefficient (Wildman–Crippen LogP) is 2.26. The van der Waals surface area contributed by atoms with Crippen LogP contribution in [0.15, 0.2) is 62.7 Å². The van der Waals surface area contributed by atoms with E-state index in [2.05, 4.69) is 10.3 Å². The number of nitrogens with two attached hydrogens (primary N) is 1. The first kappa shape index (κ1) is 24.6. The van der Waals surface area contributed by atoms with Crippen molar-refractivity contribution < 1.29 is 14.0 Å². The number of aromatic nitrogens is 2. The number of nitrogens with one attached hydrogen (secondary N) is 2. The summed E-state index contributed by atoms with van der Waals surface area (Å²) in [6.45, 7) is 2.66. The number of nitrogens with zero attached hydrogens (tertiary/aromatic N) is 2. The molecule has 0 fully saturated rings. The second-order valence-electron chi connectivity index (χ2n) is 7.80. The highest BCUT2D eigenvalue weighted by atomic mass is 16.3. The van der Waals surface area contributed by atoms with Crippen molar-refractivity contribution in [3.05, 3.63) is 80.9 Å². The van der Waals surface area contributed by atoms with Crippen molar-refractivity contribution in [3.63, 3.8) is 0 Å². The Labute approximate surface area is 196 Å². The van der Waals surface area contributed by atoms with Crippen LogP contribution in [0.25, 0.3) is 0 Å². The highest BCUT2D eigenvalue weighted by Crippen LogP contribution is 2.21. The smallest absolute Gasteiger partial charge is 0.330 e. The Hall–Kier alpha value is -4.08. The molecule has 0 aliphatic carbocycles. The molecule has 2 amide bonds. The fourth-order valence-electron chi connectivity index (χ4n) is 3.51. The van der Waals surface area contributed by atoms with Crippen LogP contribution in [0, 0.1) is 0 Å². The molecule has 0 saturated carbocycles. The van der Waals surface area contributed by atoms with Crippen molar-refractivity contribution >= 4 is 23.3 Å². The standard InChI is InChI=1S/C24H29N5O5/c1-2-3-14-28-21(25)20(23(32)27-24(28)33)29(16-17-9-5-4-6-10-17)19(30)12-7-13-26-22(31)18-11-8-15-34-18/h4-6,8-11,15H,2-3,7,12-14,16,25H2,1H3,(H,26,31)(H,27,32,33). The van der Waals surface area contributed by atoms with Gasteiger partial charge in [0.15, 0.2) is 11.4 Å². The topological polar surface area (TPSA) is 143 Å². The van der Waals surface area contributed by atoms with Crippen LogP contribution in [-0.2, 0) is 17.9 Å².